The highest BCUT2D eigenvalue weighted by molar-refractivity contribution is 7.15. The molecule has 12 nitrogen and oxygen atoms in total. The second kappa shape index (κ2) is 15.0. The maximum absolute atomic E-state index is 12.8. The maximum Gasteiger partial charge on any atom is 0.416 e. The van der Waals surface area contributed by atoms with Crippen LogP contribution in [-0.2, 0) is 25.6 Å². The summed E-state index contributed by atoms with van der Waals surface area (Å²) in [7, 11) is 0. The van der Waals surface area contributed by atoms with E-state index in [1.807, 2.05) is 0 Å². The summed E-state index contributed by atoms with van der Waals surface area (Å²) in [4.78, 5) is 25.2. The van der Waals surface area contributed by atoms with Crippen molar-refractivity contribution in [2.75, 3.05) is 10.6 Å². The SMILES string of the molecule is OCc1cnc(-c2ccnc(Nc3cc(O)cc(C(F)(F)F)c3)n2)s1.OCc1csc(-c2ccnc(Nc3cc(O)cc(C(F)(F)F)c3)n2)n1. The lowest BCUT2D eigenvalue weighted by atomic mass is 10.2. The van der Waals surface area contributed by atoms with Gasteiger partial charge >= 0.3 is 12.4 Å². The molecule has 0 bridgehead atoms. The zero-order valence-corrected chi connectivity index (χ0v) is 26.5. The number of hydrogen-bond donors (Lipinski definition) is 6. The van der Waals surface area contributed by atoms with E-state index in [2.05, 4.69) is 40.5 Å². The van der Waals surface area contributed by atoms with Crippen LogP contribution in [-0.4, -0.2) is 50.3 Å². The predicted molar refractivity (Wildman–Crippen MR) is 171 cm³/mol. The molecule has 6 rings (SSSR count). The van der Waals surface area contributed by atoms with E-state index in [4.69, 9.17) is 10.2 Å². The fourth-order valence-corrected chi connectivity index (χ4v) is 5.55. The number of aliphatic hydroxyl groups is 2. The Morgan fingerprint density at radius 1 is 0.640 bits per heavy atom. The van der Waals surface area contributed by atoms with Crippen LogP contribution in [0.25, 0.3) is 21.4 Å². The van der Waals surface area contributed by atoms with Gasteiger partial charge in [0.1, 0.15) is 32.9 Å². The molecule has 0 spiro atoms. The highest BCUT2D eigenvalue weighted by atomic mass is 32.1. The Kier molecular flexibility index (Phi) is 10.7. The molecule has 0 atom stereocenters. The Morgan fingerprint density at radius 2 is 1.16 bits per heavy atom. The standard InChI is InChI=1S/2C15H11F3N4O2S/c16-15(17,18)8-3-9(5-11(24)4-8)21-14-19-2-1-12(22-14)13-20-10(6-23)7-25-13;16-15(17,18)8-3-9(5-10(24)4-8)21-14-19-2-1-12(22-14)13-20-6-11(7-23)25-13/h1-5,7,23-24H,6H2,(H,19,21,22);1-6,23-24H,7H2,(H,19,21,22). The van der Waals surface area contributed by atoms with Crippen LogP contribution < -0.4 is 10.6 Å². The fraction of sp³-hybridized carbons (Fsp3) is 0.133. The Morgan fingerprint density at radius 3 is 1.60 bits per heavy atom. The molecule has 4 aromatic heterocycles. The number of phenols is 2. The van der Waals surface area contributed by atoms with Gasteiger partial charge in [-0.15, -0.1) is 22.7 Å². The average Bonchev–Trinajstić information content (AvgIpc) is 3.75. The lowest BCUT2D eigenvalue weighted by molar-refractivity contribution is -0.138. The molecule has 2 aromatic carbocycles. The number of thiazole rings is 2. The molecular weight excluding hydrogens is 715 g/mol. The van der Waals surface area contributed by atoms with Crippen molar-refractivity contribution in [3.8, 4) is 32.9 Å². The third-order valence-corrected chi connectivity index (χ3v) is 8.09. The van der Waals surface area contributed by atoms with E-state index < -0.39 is 35.0 Å². The molecule has 0 aliphatic heterocycles. The molecule has 20 heteroatoms. The van der Waals surface area contributed by atoms with Gasteiger partial charge < -0.3 is 31.1 Å². The van der Waals surface area contributed by atoms with Gasteiger partial charge in [0, 0.05) is 47.5 Å². The van der Waals surface area contributed by atoms with Gasteiger partial charge in [-0.2, -0.15) is 26.3 Å². The molecular formula is C30H22F6N8O4S2. The van der Waals surface area contributed by atoms with Crippen LogP contribution in [0.4, 0.5) is 49.6 Å². The first-order valence-corrected chi connectivity index (χ1v) is 15.5. The minimum atomic E-state index is -4.58. The Balaban J connectivity index is 0.000000194. The van der Waals surface area contributed by atoms with Crippen molar-refractivity contribution in [1.82, 2.24) is 29.9 Å². The maximum atomic E-state index is 12.8. The molecule has 50 heavy (non-hydrogen) atoms. The molecule has 4 heterocycles. The topological polar surface area (TPSA) is 182 Å². The van der Waals surface area contributed by atoms with Gasteiger partial charge in [-0.05, 0) is 36.4 Å². The normalized spacial score (nSPS) is 11.5. The van der Waals surface area contributed by atoms with Crippen LogP contribution in [0.5, 0.6) is 11.5 Å². The van der Waals surface area contributed by atoms with Gasteiger partial charge in [0.2, 0.25) is 11.9 Å². The van der Waals surface area contributed by atoms with Crippen molar-refractivity contribution in [2.45, 2.75) is 25.6 Å². The third kappa shape index (κ3) is 9.37. The second-order valence-corrected chi connectivity index (χ2v) is 11.9. The molecule has 0 amide bonds. The molecule has 0 saturated heterocycles. The number of phenolic OH excluding ortho intramolecular Hbond substituents is 2. The van der Waals surface area contributed by atoms with Crippen molar-refractivity contribution in [1.29, 1.82) is 0 Å². The van der Waals surface area contributed by atoms with Crippen molar-refractivity contribution < 1.29 is 46.8 Å². The summed E-state index contributed by atoms with van der Waals surface area (Å²) in [5, 5.41) is 45.1. The summed E-state index contributed by atoms with van der Waals surface area (Å²) in [6, 6.07) is 8.43. The van der Waals surface area contributed by atoms with Crippen LogP contribution in [0, 0.1) is 0 Å². The summed E-state index contributed by atoms with van der Waals surface area (Å²) in [5.74, 6) is -0.948. The van der Waals surface area contributed by atoms with Gasteiger partial charge in [-0.1, -0.05) is 0 Å². The van der Waals surface area contributed by atoms with Crippen LogP contribution in [0.1, 0.15) is 21.7 Å². The molecule has 0 aliphatic rings. The number of hydrogen-bond acceptors (Lipinski definition) is 14. The van der Waals surface area contributed by atoms with E-state index >= 15 is 0 Å². The van der Waals surface area contributed by atoms with Gasteiger partial charge in [0.25, 0.3) is 0 Å². The molecule has 6 aromatic rings. The van der Waals surface area contributed by atoms with Crippen LogP contribution in [0.3, 0.4) is 0 Å². The molecule has 0 aliphatic carbocycles. The van der Waals surface area contributed by atoms with Crippen molar-refractivity contribution >= 4 is 45.9 Å². The Labute approximate surface area is 285 Å². The number of anilines is 4. The smallest absolute Gasteiger partial charge is 0.416 e. The number of aliphatic hydroxyl groups excluding tert-OH is 2. The zero-order valence-electron chi connectivity index (χ0n) is 24.9. The minimum absolute atomic E-state index is 0.000314. The number of aromatic nitrogens is 6. The monoisotopic (exact) mass is 736 g/mol. The number of aromatic hydroxyl groups is 2. The number of halogens is 6. The van der Waals surface area contributed by atoms with E-state index in [9.17, 15) is 36.6 Å². The van der Waals surface area contributed by atoms with Crippen molar-refractivity contribution in [3.05, 3.63) is 94.2 Å². The summed E-state index contributed by atoms with van der Waals surface area (Å²) in [6.45, 7) is -0.340. The summed E-state index contributed by atoms with van der Waals surface area (Å²) >= 11 is 2.51. The zero-order chi connectivity index (χ0) is 36.1. The van der Waals surface area contributed by atoms with Gasteiger partial charge in [-0.25, -0.2) is 29.9 Å². The predicted octanol–water partition coefficient (Wildman–Crippen LogP) is 7.12. The number of benzene rings is 2. The summed E-state index contributed by atoms with van der Waals surface area (Å²) in [6.07, 6.45) is -4.80. The van der Waals surface area contributed by atoms with Gasteiger partial charge in [0.05, 0.1) is 34.9 Å². The second-order valence-electron chi connectivity index (χ2n) is 9.91. The van der Waals surface area contributed by atoms with Gasteiger partial charge in [0.15, 0.2) is 0 Å². The first-order chi connectivity index (χ1) is 23.7. The highest BCUT2D eigenvalue weighted by Crippen LogP contribution is 2.36. The number of nitrogens with one attached hydrogen (secondary N) is 2. The third-order valence-electron chi connectivity index (χ3n) is 6.18. The Bertz CT molecular complexity index is 1940. The van der Waals surface area contributed by atoms with E-state index in [-0.39, 0.29) is 36.5 Å². The number of nitrogens with zero attached hydrogens (tertiary/aromatic N) is 6. The molecule has 0 unspecified atom stereocenters. The first kappa shape index (κ1) is 35.9. The summed E-state index contributed by atoms with van der Waals surface area (Å²) in [5.41, 5.74) is -0.565. The lowest BCUT2D eigenvalue weighted by Crippen LogP contribution is -2.06. The molecule has 6 N–H and O–H groups in total. The largest absolute Gasteiger partial charge is 0.508 e. The van der Waals surface area contributed by atoms with Crippen LogP contribution in [0.2, 0.25) is 0 Å². The summed E-state index contributed by atoms with van der Waals surface area (Å²) < 4.78 is 76.9. The van der Waals surface area contributed by atoms with E-state index in [1.54, 1.807) is 17.5 Å². The van der Waals surface area contributed by atoms with Crippen LogP contribution in [0.15, 0.2) is 72.5 Å². The molecule has 0 fully saturated rings. The quantitative estimate of drug-likeness (QED) is 0.0872. The van der Waals surface area contributed by atoms with Crippen molar-refractivity contribution in [3.63, 3.8) is 0 Å². The fourth-order valence-electron chi connectivity index (χ4n) is 4.02. The van der Waals surface area contributed by atoms with Crippen molar-refractivity contribution in [2.24, 2.45) is 0 Å². The number of alkyl halides is 6. The molecule has 0 saturated carbocycles. The minimum Gasteiger partial charge on any atom is -0.508 e. The van der Waals surface area contributed by atoms with Gasteiger partial charge in [-0.3, -0.25) is 0 Å². The van der Waals surface area contributed by atoms with E-state index in [0.29, 0.717) is 44.1 Å². The molecule has 260 valence electrons. The first-order valence-electron chi connectivity index (χ1n) is 13.8. The molecule has 0 radical (unpaired) electrons. The highest BCUT2D eigenvalue weighted by Gasteiger charge is 2.32. The van der Waals surface area contributed by atoms with E-state index in [1.165, 1.54) is 41.3 Å². The Hall–Kier alpha value is -5.44. The number of rotatable bonds is 8. The van der Waals surface area contributed by atoms with Crippen LogP contribution >= 0.6 is 22.7 Å². The van der Waals surface area contributed by atoms with E-state index in [0.717, 1.165) is 24.3 Å². The lowest BCUT2D eigenvalue weighted by Gasteiger charge is -2.11. The average molecular weight is 737 g/mol.